The first-order valence-electron chi connectivity index (χ1n) is 21.8. The Hall–Kier alpha value is -0.950. The van der Waals surface area contributed by atoms with Gasteiger partial charge in [-0.25, -0.2) is 4.57 Å². The summed E-state index contributed by atoms with van der Waals surface area (Å²) in [5.74, 6) is -0.786. The van der Waals surface area contributed by atoms with Crippen molar-refractivity contribution in [2.45, 2.75) is 239 Å². The molecule has 0 aliphatic rings. The molecule has 1 N–H and O–H groups in total. The van der Waals surface area contributed by atoms with E-state index in [0.29, 0.717) is 6.42 Å². The normalized spacial score (nSPS) is 13.3. The van der Waals surface area contributed by atoms with Crippen molar-refractivity contribution in [3.05, 3.63) is 0 Å². The molecular formula is C42H83O8P. The number of hydrogen-bond acceptors (Lipinski definition) is 7. The molecule has 0 saturated carbocycles. The van der Waals surface area contributed by atoms with Gasteiger partial charge in [-0.05, 0) is 19.8 Å². The lowest BCUT2D eigenvalue weighted by atomic mass is 10.0. The van der Waals surface area contributed by atoms with Gasteiger partial charge < -0.3 is 14.4 Å². The van der Waals surface area contributed by atoms with Gasteiger partial charge in [0.15, 0.2) is 6.10 Å². The van der Waals surface area contributed by atoms with E-state index in [1.54, 1.807) is 6.92 Å². The fourth-order valence-electron chi connectivity index (χ4n) is 6.45. The molecular weight excluding hydrogens is 663 g/mol. The van der Waals surface area contributed by atoms with Gasteiger partial charge in [-0.3, -0.25) is 18.6 Å². The molecule has 0 spiro atoms. The average molecular weight is 747 g/mol. The van der Waals surface area contributed by atoms with Crippen LogP contribution in [0.2, 0.25) is 0 Å². The Morgan fingerprint density at radius 3 is 1.10 bits per heavy atom. The maximum Gasteiger partial charge on any atom is 0.472 e. The summed E-state index contributed by atoms with van der Waals surface area (Å²) in [7, 11) is -4.27. The van der Waals surface area contributed by atoms with Crippen LogP contribution in [0.25, 0.3) is 0 Å². The Labute approximate surface area is 315 Å². The highest BCUT2D eigenvalue weighted by Gasteiger charge is 2.25. The van der Waals surface area contributed by atoms with Gasteiger partial charge in [0.05, 0.1) is 13.2 Å². The maximum atomic E-state index is 12.5. The van der Waals surface area contributed by atoms with E-state index in [9.17, 15) is 19.0 Å². The first-order valence-corrected chi connectivity index (χ1v) is 23.3. The molecule has 0 bridgehead atoms. The van der Waals surface area contributed by atoms with E-state index < -0.39 is 19.9 Å². The summed E-state index contributed by atoms with van der Waals surface area (Å²) in [6, 6.07) is 0. The quantitative estimate of drug-likeness (QED) is 0.0374. The van der Waals surface area contributed by atoms with Gasteiger partial charge in [-0.2, -0.15) is 0 Å². The van der Waals surface area contributed by atoms with Gasteiger partial charge in [0.1, 0.15) is 6.61 Å². The number of ether oxygens (including phenoxy) is 2. The molecule has 0 aromatic rings. The predicted molar refractivity (Wildman–Crippen MR) is 212 cm³/mol. The molecule has 0 aliphatic carbocycles. The van der Waals surface area contributed by atoms with Crippen molar-refractivity contribution in [3.8, 4) is 0 Å². The van der Waals surface area contributed by atoms with E-state index >= 15 is 0 Å². The first-order chi connectivity index (χ1) is 24.8. The van der Waals surface area contributed by atoms with Crippen LogP contribution in [0.3, 0.4) is 0 Å². The Morgan fingerprint density at radius 1 is 0.451 bits per heavy atom. The van der Waals surface area contributed by atoms with Gasteiger partial charge in [-0.1, -0.05) is 200 Å². The van der Waals surface area contributed by atoms with Crippen LogP contribution in [0, 0.1) is 0 Å². The molecule has 0 amide bonds. The second-order valence-electron chi connectivity index (χ2n) is 14.7. The summed E-state index contributed by atoms with van der Waals surface area (Å²) < 4.78 is 32.6. The first kappa shape index (κ1) is 50.1. The van der Waals surface area contributed by atoms with Crippen molar-refractivity contribution in [2.75, 3.05) is 19.8 Å². The van der Waals surface area contributed by atoms with Crippen LogP contribution >= 0.6 is 7.82 Å². The predicted octanol–water partition coefficient (Wildman–Crippen LogP) is 13.5. The van der Waals surface area contributed by atoms with Crippen molar-refractivity contribution in [1.82, 2.24) is 0 Å². The molecule has 8 nitrogen and oxygen atoms in total. The second-order valence-corrected chi connectivity index (χ2v) is 16.2. The van der Waals surface area contributed by atoms with Crippen molar-refractivity contribution in [2.24, 2.45) is 0 Å². The summed E-state index contributed by atoms with van der Waals surface area (Å²) in [6.45, 7) is 5.49. The lowest BCUT2D eigenvalue weighted by Crippen LogP contribution is -2.29. The number of phosphoric acid groups is 1. The van der Waals surface area contributed by atoms with E-state index in [-0.39, 0.29) is 32.2 Å². The number of unbranched alkanes of at least 4 members (excludes halogenated alkanes) is 29. The number of carbonyl (C=O) groups is 2. The van der Waals surface area contributed by atoms with Gasteiger partial charge in [-0.15, -0.1) is 0 Å². The van der Waals surface area contributed by atoms with Crippen LogP contribution in [0.15, 0.2) is 0 Å². The van der Waals surface area contributed by atoms with Crippen molar-refractivity contribution < 1.29 is 37.6 Å². The molecule has 0 aromatic heterocycles. The minimum absolute atomic E-state index is 0.00542. The molecule has 0 heterocycles. The topological polar surface area (TPSA) is 108 Å². The molecule has 0 aromatic carbocycles. The molecule has 2 unspecified atom stereocenters. The number of esters is 2. The maximum absolute atomic E-state index is 12.5. The highest BCUT2D eigenvalue weighted by Crippen LogP contribution is 2.43. The fourth-order valence-corrected chi connectivity index (χ4v) is 7.21. The third-order valence-electron chi connectivity index (χ3n) is 9.66. The molecule has 51 heavy (non-hydrogen) atoms. The van der Waals surface area contributed by atoms with Crippen LogP contribution in [-0.2, 0) is 32.7 Å². The van der Waals surface area contributed by atoms with Crippen molar-refractivity contribution in [1.29, 1.82) is 0 Å². The standard InChI is InChI=1S/C42H83O8P/c1-4-7-9-11-13-15-16-17-18-19-20-21-22-23-24-25-26-27-29-31-33-35-37-42(44)50-40(39-49-51(45,46)48-6-3)38-47-41(43)36-34-32-30-28-14-12-10-8-5-2/h40H,4-39H2,1-3H3,(H,45,46). The lowest BCUT2D eigenvalue weighted by molar-refractivity contribution is -0.161. The van der Waals surface area contributed by atoms with Gasteiger partial charge in [0.2, 0.25) is 0 Å². The number of hydrogen-bond donors (Lipinski definition) is 1. The van der Waals surface area contributed by atoms with Gasteiger partial charge in [0.25, 0.3) is 0 Å². The van der Waals surface area contributed by atoms with Crippen LogP contribution in [-0.4, -0.2) is 42.8 Å². The molecule has 0 rings (SSSR count). The zero-order valence-electron chi connectivity index (χ0n) is 33.8. The number of rotatable bonds is 41. The van der Waals surface area contributed by atoms with E-state index in [4.69, 9.17) is 18.5 Å². The van der Waals surface area contributed by atoms with Crippen LogP contribution in [0.5, 0.6) is 0 Å². The second kappa shape index (κ2) is 38.8. The van der Waals surface area contributed by atoms with E-state index in [2.05, 4.69) is 13.8 Å². The minimum Gasteiger partial charge on any atom is -0.462 e. The van der Waals surface area contributed by atoms with Crippen molar-refractivity contribution in [3.63, 3.8) is 0 Å². The van der Waals surface area contributed by atoms with E-state index in [1.807, 2.05) is 0 Å². The Bertz CT molecular complexity index is 808. The third kappa shape index (κ3) is 38.6. The molecule has 2 atom stereocenters. The SMILES string of the molecule is CCCCCCCCCCCCCCCCCCCCCCCCC(=O)OC(COC(=O)CCCCCCCCCCC)COP(=O)(O)OCC. The smallest absolute Gasteiger partial charge is 0.462 e. The average Bonchev–Trinajstić information content (AvgIpc) is 3.10. The minimum atomic E-state index is -4.27. The Kier molecular flexibility index (Phi) is 38.0. The molecule has 0 fully saturated rings. The summed E-state index contributed by atoms with van der Waals surface area (Å²) in [5.41, 5.74) is 0. The summed E-state index contributed by atoms with van der Waals surface area (Å²) in [5, 5.41) is 0. The summed E-state index contributed by atoms with van der Waals surface area (Å²) in [4.78, 5) is 34.6. The number of carbonyl (C=O) groups excluding carboxylic acids is 2. The summed E-state index contributed by atoms with van der Waals surface area (Å²) in [6.07, 6.45) is 38.9. The monoisotopic (exact) mass is 747 g/mol. The van der Waals surface area contributed by atoms with Crippen LogP contribution in [0.4, 0.5) is 0 Å². The van der Waals surface area contributed by atoms with Gasteiger partial charge >= 0.3 is 19.8 Å². The van der Waals surface area contributed by atoms with Gasteiger partial charge in [0, 0.05) is 12.8 Å². The molecule has 0 aliphatic heterocycles. The van der Waals surface area contributed by atoms with E-state index in [0.717, 1.165) is 38.5 Å². The van der Waals surface area contributed by atoms with Crippen molar-refractivity contribution >= 4 is 19.8 Å². The zero-order valence-corrected chi connectivity index (χ0v) is 34.7. The Balaban J connectivity index is 3.91. The summed E-state index contributed by atoms with van der Waals surface area (Å²) >= 11 is 0. The fraction of sp³-hybridized carbons (Fsp3) is 0.952. The zero-order chi connectivity index (χ0) is 37.5. The lowest BCUT2D eigenvalue weighted by Gasteiger charge is -2.19. The highest BCUT2D eigenvalue weighted by molar-refractivity contribution is 7.47. The van der Waals surface area contributed by atoms with E-state index in [1.165, 1.54) is 161 Å². The van der Waals surface area contributed by atoms with Crippen LogP contribution in [0.1, 0.15) is 233 Å². The van der Waals surface area contributed by atoms with Crippen LogP contribution < -0.4 is 0 Å². The molecule has 0 radical (unpaired) electrons. The third-order valence-corrected chi connectivity index (χ3v) is 10.7. The molecule has 304 valence electrons. The largest absolute Gasteiger partial charge is 0.472 e. The molecule has 9 heteroatoms. The Morgan fingerprint density at radius 2 is 0.765 bits per heavy atom. The number of phosphoric ester groups is 1. The highest BCUT2D eigenvalue weighted by atomic mass is 31.2. The molecule has 0 saturated heterocycles.